The van der Waals surface area contributed by atoms with Crippen molar-refractivity contribution in [1.29, 1.82) is 0 Å². The molecule has 72 valence electrons. The SMILES string of the molecule is Cc1ccc(C)c(-c2csc(=O)s2)c1. The van der Waals surface area contributed by atoms with Gasteiger partial charge in [-0.2, -0.15) is 0 Å². The van der Waals surface area contributed by atoms with Crippen LogP contribution < -0.4 is 4.06 Å². The predicted molar refractivity (Wildman–Crippen MR) is 63.4 cm³/mol. The zero-order chi connectivity index (χ0) is 10.1. The molecule has 1 aromatic heterocycles. The van der Waals surface area contributed by atoms with E-state index in [0.29, 0.717) is 0 Å². The summed E-state index contributed by atoms with van der Waals surface area (Å²) in [4.78, 5) is 12.2. The lowest BCUT2D eigenvalue weighted by molar-refractivity contribution is 1.40. The summed E-state index contributed by atoms with van der Waals surface area (Å²) in [7, 11) is 0. The molecule has 0 fully saturated rings. The Balaban J connectivity index is 2.61. The van der Waals surface area contributed by atoms with Crippen LogP contribution >= 0.6 is 22.7 Å². The van der Waals surface area contributed by atoms with Crippen molar-refractivity contribution in [1.82, 2.24) is 0 Å². The molecular weight excluding hydrogens is 212 g/mol. The molecule has 0 saturated heterocycles. The fourth-order valence-electron chi connectivity index (χ4n) is 1.36. The number of rotatable bonds is 1. The van der Waals surface area contributed by atoms with E-state index in [1.807, 2.05) is 5.38 Å². The summed E-state index contributed by atoms with van der Waals surface area (Å²) in [5.74, 6) is 0. The van der Waals surface area contributed by atoms with Gasteiger partial charge in [-0.05, 0) is 25.0 Å². The van der Waals surface area contributed by atoms with Crippen molar-refractivity contribution in [3.63, 3.8) is 0 Å². The Morgan fingerprint density at radius 2 is 2.00 bits per heavy atom. The average molecular weight is 222 g/mol. The summed E-state index contributed by atoms with van der Waals surface area (Å²) in [5, 5.41) is 1.94. The first-order valence-corrected chi connectivity index (χ1v) is 6.03. The lowest BCUT2D eigenvalue weighted by Crippen LogP contribution is -1.82. The maximum Gasteiger partial charge on any atom is 0.287 e. The Kier molecular flexibility index (Phi) is 2.52. The van der Waals surface area contributed by atoms with Gasteiger partial charge in [-0.25, -0.2) is 0 Å². The molecule has 0 N–H and O–H groups in total. The van der Waals surface area contributed by atoms with Gasteiger partial charge in [-0.3, -0.25) is 4.79 Å². The molecule has 14 heavy (non-hydrogen) atoms. The van der Waals surface area contributed by atoms with E-state index in [0.717, 1.165) is 4.88 Å². The molecule has 2 rings (SSSR count). The van der Waals surface area contributed by atoms with Crippen molar-refractivity contribution in [2.45, 2.75) is 13.8 Å². The van der Waals surface area contributed by atoms with E-state index in [1.54, 1.807) is 0 Å². The van der Waals surface area contributed by atoms with Gasteiger partial charge in [0.15, 0.2) is 0 Å². The molecule has 2 aromatic rings. The normalized spacial score (nSPS) is 10.4. The van der Waals surface area contributed by atoms with Crippen molar-refractivity contribution in [3.05, 3.63) is 43.6 Å². The first-order valence-electron chi connectivity index (χ1n) is 4.33. The molecule has 0 unspecified atom stereocenters. The highest BCUT2D eigenvalue weighted by molar-refractivity contribution is 7.28. The van der Waals surface area contributed by atoms with Crippen LogP contribution in [0, 0.1) is 13.8 Å². The minimum atomic E-state index is 0.168. The van der Waals surface area contributed by atoms with Gasteiger partial charge in [-0.1, -0.05) is 46.4 Å². The zero-order valence-electron chi connectivity index (χ0n) is 8.03. The standard InChI is InChI=1S/C11H10OS2/c1-7-3-4-8(2)9(5-7)10-6-13-11(12)14-10/h3-6H,1-2H3. The molecule has 0 aliphatic heterocycles. The summed E-state index contributed by atoms with van der Waals surface area (Å²) < 4.78 is 0.168. The van der Waals surface area contributed by atoms with Crippen molar-refractivity contribution < 1.29 is 0 Å². The second kappa shape index (κ2) is 3.67. The van der Waals surface area contributed by atoms with E-state index < -0.39 is 0 Å². The Morgan fingerprint density at radius 1 is 1.21 bits per heavy atom. The third kappa shape index (κ3) is 1.79. The first kappa shape index (κ1) is 9.62. The maximum absolute atomic E-state index is 11.1. The van der Waals surface area contributed by atoms with E-state index in [2.05, 4.69) is 32.0 Å². The van der Waals surface area contributed by atoms with Crippen LogP contribution in [0.5, 0.6) is 0 Å². The van der Waals surface area contributed by atoms with Crippen molar-refractivity contribution in [3.8, 4) is 10.4 Å². The molecule has 0 amide bonds. The highest BCUT2D eigenvalue weighted by Gasteiger charge is 2.04. The number of hydrogen-bond donors (Lipinski definition) is 0. The van der Waals surface area contributed by atoms with Crippen LogP contribution in [-0.4, -0.2) is 0 Å². The summed E-state index contributed by atoms with van der Waals surface area (Å²) in [5.41, 5.74) is 3.65. The summed E-state index contributed by atoms with van der Waals surface area (Å²) in [6, 6.07) is 6.32. The summed E-state index contributed by atoms with van der Waals surface area (Å²) in [6.45, 7) is 4.14. The van der Waals surface area contributed by atoms with Crippen LogP contribution in [0.3, 0.4) is 0 Å². The van der Waals surface area contributed by atoms with Gasteiger partial charge in [-0.15, -0.1) is 0 Å². The van der Waals surface area contributed by atoms with E-state index in [-0.39, 0.29) is 4.06 Å². The first-order chi connectivity index (χ1) is 6.66. The maximum atomic E-state index is 11.1. The number of aryl methyl sites for hydroxylation is 2. The van der Waals surface area contributed by atoms with Gasteiger partial charge in [0.2, 0.25) is 0 Å². The van der Waals surface area contributed by atoms with E-state index in [4.69, 9.17) is 0 Å². The smallest absolute Gasteiger partial charge is 0.265 e. The summed E-state index contributed by atoms with van der Waals surface area (Å²) >= 11 is 2.60. The molecule has 0 bridgehead atoms. The predicted octanol–water partition coefficient (Wildman–Crippen LogP) is 3.45. The second-order valence-electron chi connectivity index (χ2n) is 3.27. The van der Waals surface area contributed by atoms with Gasteiger partial charge in [0.1, 0.15) is 0 Å². The largest absolute Gasteiger partial charge is 0.287 e. The van der Waals surface area contributed by atoms with Crippen LogP contribution in [0.15, 0.2) is 28.4 Å². The van der Waals surface area contributed by atoms with Gasteiger partial charge in [0.25, 0.3) is 4.06 Å². The molecule has 0 atom stereocenters. The van der Waals surface area contributed by atoms with E-state index in [9.17, 15) is 4.79 Å². The molecule has 0 aliphatic rings. The molecule has 0 saturated carbocycles. The Hall–Kier alpha value is -0.930. The second-order valence-corrected chi connectivity index (χ2v) is 5.39. The lowest BCUT2D eigenvalue weighted by Gasteiger charge is -2.03. The minimum absolute atomic E-state index is 0.168. The molecule has 3 heteroatoms. The Bertz CT molecular complexity index is 508. The lowest BCUT2D eigenvalue weighted by atomic mass is 10.1. The highest BCUT2D eigenvalue weighted by atomic mass is 32.2. The number of benzene rings is 1. The van der Waals surface area contributed by atoms with Crippen molar-refractivity contribution >= 4 is 22.7 Å². The third-order valence-corrected chi connectivity index (χ3v) is 4.07. The van der Waals surface area contributed by atoms with E-state index >= 15 is 0 Å². The molecule has 0 spiro atoms. The topological polar surface area (TPSA) is 17.1 Å². The van der Waals surface area contributed by atoms with Gasteiger partial charge < -0.3 is 0 Å². The zero-order valence-corrected chi connectivity index (χ0v) is 9.67. The quantitative estimate of drug-likeness (QED) is 0.722. The Morgan fingerprint density at radius 3 is 2.64 bits per heavy atom. The van der Waals surface area contributed by atoms with Crippen molar-refractivity contribution in [2.24, 2.45) is 0 Å². The molecule has 1 aromatic carbocycles. The fraction of sp³-hybridized carbons (Fsp3) is 0.182. The van der Waals surface area contributed by atoms with Gasteiger partial charge >= 0.3 is 0 Å². The number of hydrogen-bond acceptors (Lipinski definition) is 3. The van der Waals surface area contributed by atoms with Gasteiger partial charge in [0, 0.05) is 10.3 Å². The minimum Gasteiger partial charge on any atom is -0.265 e. The van der Waals surface area contributed by atoms with Gasteiger partial charge in [0.05, 0.1) is 0 Å². The average Bonchev–Trinajstić information content (AvgIpc) is 2.56. The monoisotopic (exact) mass is 222 g/mol. The Labute approximate surface area is 90.7 Å². The highest BCUT2D eigenvalue weighted by Crippen LogP contribution is 2.27. The third-order valence-electron chi connectivity index (χ3n) is 2.11. The van der Waals surface area contributed by atoms with Crippen LogP contribution in [0.25, 0.3) is 10.4 Å². The molecule has 1 nitrogen and oxygen atoms in total. The van der Waals surface area contributed by atoms with Crippen LogP contribution in [0.4, 0.5) is 0 Å². The fourth-order valence-corrected chi connectivity index (χ4v) is 3.14. The molecular formula is C11H10OS2. The molecule has 0 aliphatic carbocycles. The molecule has 0 radical (unpaired) electrons. The van der Waals surface area contributed by atoms with Crippen LogP contribution in [-0.2, 0) is 0 Å². The molecule has 1 heterocycles. The van der Waals surface area contributed by atoms with Crippen molar-refractivity contribution in [2.75, 3.05) is 0 Å². The van der Waals surface area contributed by atoms with Crippen LogP contribution in [0.2, 0.25) is 0 Å². The van der Waals surface area contributed by atoms with Crippen LogP contribution in [0.1, 0.15) is 11.1 Å². The summed E-state index contributed by atoms with van der Waals surface area (Å²) in [6.07, 6.45) is 0. The van der Waals surface area contributed by atoms with E-state index in [1.165, 1.54) is 39.4 Å².